The molecule has 0 radical (unpaired) electrons. The first-order valence-corrected chi connectivity index (χ1v) is 5.11. The number of hydrogen-bond acceptors (Lipinski definition) is 2. The van der Waals surface area contributed by atoms with Crippen LogP contribution in [0.2, 0.25) is 0 Å². The van der Waals surface area contributed by atoms with Gasteiger partial charge in [-0.3, -0.25) is 0 Å². The topological polar surface area (TPSA) is 29.5 Å². The summed E-state index contributed by atoms with van der Waals surface area (Å²) in [6, 6.07) is 3.48. The van der Waals surface area contributed by atoms with Crippen molar-refractivity contribution in [1.29, 1.82) is 0 Å². The Morgan fingerprint density at radius 2 is 2.19 bits per heavy atom. The van der Waals surface area contributed by atoms with Crippen molar-refractivity contribution in [2.75, 3.05) is 6.61 Å². The molecule has 1 aliphatic heterocycles. The van der Waals surface area contributed by atoms with E-state index in [9.17, 15) is 8.78 Å². The third kappa shape index (κ3) is 2.22. The van der Waals surface area contributed by atoms with Crippen LogP contribution in [0.5, 0.6) is 0 Å². The molecule has 0 amide bonds. The van der Waals surface area contributed by atoms with Crippen molar-refractivity contribution >= 4 is 5.57 Å². The van der Waals surface area contributed by atoms with Crippen molar-refractivity contribution in [3.63, 3.8) is 0 Å². The molecule has 1 atom stereocenters. The van der Waals surface area contributed by atoms with Gasteiger partial charge >= 0.3 is 0 Å². The molecule has 16 heavy (non-hydrogen) atoms. The predicted molar refractivity (Wildman–Crippen MR) is 55.5 cm³/mol. The average molecular weight is 226 g/mol. The lowest BCUT2D eigenvalue weighted by Gasteiger charge is -2.21. The van der Waals surface area contributed by atoms with Gasteiger partial charge in [-0.15, -0.1) is 0 Å². The van der Waals surface area contributed by atoms with Crippen molar-refractivity contribution in [3.05, 3.63) is 41.7 Å². The highest BCUT2D eigenvalue weighted by molar-refractivity contribution is 5.65. The zero-order valence-corrected chi connectivity index (χ0v) is 8.62. The Labute approximate surface area is 92.2 Å². The molecule has 1 N–H and O–H groups in total. The summed E-state index contributed by atoms with van der Waals surface area (Å²) in [6.07, 6.45) is 2.49. The molecule has 1 aliphatic rings. The predicted octanol–water partition coefficient (Wildman–Crippen LogP) is 2.48. The minimum Gasteiger partial charge on any atom is -0.495 e. The summed E-state index contributed by atoms with van der Waals surface area (Å²) in [5, 5.41) is 8.86. The molecule has 0 saturated heterocycles. The molecule has 0 aromatic heterocycles. The van der Waals surface area contributed by atoms with Crippen LogP contribution in [0.1, 0.15) is 18.4 Å². The smallest absolute Gasteiger partial charge is 0.133 e. The van der Waals surface area contributed by atoms with Crippen LogP contribution in [0.3, 0.4) is 0 Å². The van der Waals surface area contributed by atoms with E-state index in [1.807, 2.05) is 0 Å². The van der Waals surface area contributed by atoms with Gasteiger partial charge in [0.1, 0.15) is 17.7 Å². The second-order valence-electron chi connectivity index (χ2n) is 3.75. The van der Waals surface area contributed by atoms with Gasteiger partial charge in [0.05, 0.1) is 12.9 Å². The Hall–Kier alpha value is -1.42. The van der Waals surface area contributed by atoms with Gasteiger partial charge in [0.15, 0.2) is 0 Å². The number of allylic oxidation sites excluding steroid dienone is 1. The maximum absolute atomic E-state index is 13.4. The zero-order chi connectivity index (χ0) is 11.5. The Morgan fingerprint density at radius 3 is 2.75 bits per heavy atom. The van der Waals surface area contributed by atoms with Crippen LogP contribution in [0.15, 0.2) is 24.5 Å². The fourth-order valence-electron chi connectivity index (χ4n) is 1.70. The highest BCUT2D eigenvalue weighted by Crippen LogP contribution is 2.28. The molecule has 86 valence electrons. The molecule has 0 saturated carbocycles. The van der Waals surface area contributed by atoms with Crippen LogP contribution in [-0.2, 0) is 4.74 Å². The van der Waals surface area contributed by atoms with Crippen molar-refractivity contribution in [1.82, 2.24) is 0 Å². The van der Waals surface area contributed by atoms with E-state index in [2.05, 4.69) is 0 Å². The number of rotatable bonds is 2. The van der Waals surface area contributed by atoms with Gasteiger partial charge in [-0.05, 0) is 30.5 Å². The van der Waals surface area contributed by atoms with Gasteiger partial charge in [-0.1, -0.05) is 0 Å². The number of aliphatic hydroxyl groups is 1. The van der Waals surface area contributed by atoms with E-state index < -0.39 is 11.6 Å². The average Bonchev–Trinajstić information content (AvgIpc) is 2.29. The third-order valence-electron chi connectivity index (χ3n) is 2.62. The summed E-state index contributed by atoms with van der Waals surface area (Å²) in [7, 11) is 0. The van der Waals surface area contributed by atoms with E-state index in [4.69, 9.17) is 9.84 Å². The Bertz CT molecular complexity index is 415. The Balaban J connectivity index is 2.22. The maximum atomic E-state index is 13.4. The van der Waals surface area contributed by atoms with Crippen molar-refractivity contribution < 1.29 is 18.6 Å². The van der Waals surface area contributed by atoms with Crippen molar-refractivity contribution in [2.24, 2.45) is 0 Å². The molecule has 2 rings (SSSR count). The molecule has 0 spiro atoms. The molecular formula is C12H12F2O2. The van der Waals surface area contributed by atoms with Crippen LogP contribution < -0.4 is 0 Å². The number of hydrogen-bond donors (Lipinski definition) is 1. The van der Waals surface area contributed by atoms with Gasteiger partial charge in [0, 0.05) is 11.6 Å². The van der Waals surface area contributed by atoms with E-state index in [1.54, 1.807) is 0 Å². The second-order valence-corrected chi connectivity index (χ2v) is 3.75. The number of benzene rings is 1. The second kappa shape index (κ2) is 4.61. The van der Waals surface area contributed by atoms with Crippen molar-refractivity contribution in [2.45, 2.75) is 18.9 Å². The fraction of sp³-hybridized carbons (Fsp3) is 0.333. The minimum absolute atomic E-state index is 0.0460. The quantitative estimate of drug-likeness (QED) is 0.839. The van der Waals surface area contributed by atoms with Crippen LogP contribution in [0.4, 0.5) is 8.78 Å². The highest BCUT2D eigenvalue weighted by Gasteiger charge is 2.17. The summed E-state index contributed by atoms with van der Waals surface area (Å²) in [6.45, 7) is -0.0460. The number of ether oxygens (including phenoxy) is 1. The summed E-state index contributed by atoms with van der Waals surface area (Å²) < 4.78 is 31.3. The number of aliphatic hydroxyl groups excluding tert-OH is 1. The largest absolute Gasteiger partial charge is 0.495 e. The van der Waals surface area contributed by atoms with E-state index in [0.717, 1.165) is 6.07 Å². The zero-order valence-electron chi connectivity index (χ0n) is 8.62. The molecule has 2 nitrogen and oxygen atoms in total. The fourth-order valence-corrected chi connectivity index (χ4v) is 1.70. The van der Waals surface area contributed by atoms with Gasteiger partial charge in [0.25, 0.3) is 0 Å². The van der Waals surface area contributed by atoms with Crippen LogP contribution >= 0.6 is 0 Å². The highest BCUT2D eigenvalue weighted by atomic mass is 19.1. The molecule has 1 heterocycles. The first-order valence-electron chi connectivity index (χ1n) is 5.11. The standard InChI is InChI=1S/C12H12F2O2/c13-9-2-4-11(12(14)5-9)8-1-3-10(6-15)16-7-8/h2,4-5,7,10,15H,1,3,6H2/t10-/m0/s1. The van der Waals surface area contributed by atoms with E-state index in [1.165, 1.54) is 18.4 Å². The minimum atomic E-state index is -0.591. The first-order chi connectivity index (χ1) is 7.70. The van der Waals surface area contributed by atoms with Gasteiger partial charge in [-0.25, -0.2) is 8.78 Å². The van der Waals surface area contributed by atoms with Gasteiger partial charge in [0.2, 0.25) is 0 Å². The third-order valence-corrected chi connectivity index (χ3v) is 2.62. The first kappa shape index (κ1) is 11.1. The van der Waals surface area contributed by atoms with Crippen LogP contribution in [0, 0.1) is 11.6 Å². The summed E-state index contributed by atoms with van der Waals surface area (Å²) in [4.78, 5) is 0. The van der Waals surface area contributed by atoms with Crippen LogP contribution in [-0.4, -0.2) is 17.8 Å². The molecule has 1 aromatic rings. The van der Waals surface area contributed by atoms with Crippen molar-refractivity contribution in [3.8, 4) is 0 Å². The van der Waals surface area contributed by atoms with Gasteiger partial charge in [-0.2, -0.15) is 0 Å². The van der Waals surface area contributed by atoms with Crippen LogP contribution in [0.25, 0.3) is 5.57 Å². The maximum Gasteiger partial charge on any atom is 0.133 e. The summed E-state index contributed by atoms with van der Waals surface area (Å²) in [5.74, 6) is -1.18. The monoisotopic (exact) mass is 226 g/mol. The molecule has 0 unspecified atom stereocenters. The molecule has 0 aliphatic carbocycles. The van der Waals surface area contributed by atoms with Gasteiger partial charge < -0.3 is 9.84 Å². The molecular weight excluding hydrogens is 214 g/mol. The molecule has 0 fully saturated rings. The molecule has 1 aromatic carbocycles. The summed E-state index contributed by atoms with van der Waals surface area (Å²) >= 11 is 0. The number of halogens is 2. The van der Waals surface area contributed by atoms with E-state index in [0.29, 0.717) is 24.0 Å². The Kier molecular flexibility index (Phi) is 3.19. The summed E-state index contributed by atoms with van der Waals surface area (Å²) in [5.41, 5.74) is 1.06. The van der Waals surface area contributed by atoms with E-state index >= 15 is 0 Å². The lowest BCUT2D eigenvalue weighted by Crippen LogP contribution is -2.18. The van der Waals surface area contributed by atoms with E-state index in [-0.39, 0.29) is 12.7 Å². The normalized spacial score (nSPS) is 20.2. The lowest BCUT2D eigenvalue weighted by atomic mass is 9.98. The molecule has 4 heteroatoms. The lowest BCUT2D eigenvalue weighted by molar-refractivity contribution is 0.0657. The SMILES string of the molecule is OC[C@@H]1CCC(c2ccc(F)cc2F)=CO1. The molecule has 0 bridgehead atoms. The Morgan fingerprint density at radius 1 is 1.38 bits per heavy atom.